The second-order valence-corrected chi connectivity index (χ2v) is 6.14. The third-order valence-electron chi connectivity index (χ3n) is 4.52. The second-order valence-electron chi connectivity index (χ2n) is 6.14. The summed E-state index contributed by atoms with van der Waals surface area (Å²) in [6.07, 6.45) is 1.16. The molecule has 118 valence electrons. The van der Waals surface area contributed by atoms with Gasteiger partial charge in [-0.2, -0.15) is 0 Å². The molecule has 0 bridgehead atoms. The fourth-order valence-corrected chi connectivity index (χ4v) is 3.19. The lowest BCUT2D eigenvalue weighted by molar-refractivity contribution is 0.0940. The molecule has 5 nitrogen and oxygen atoms in total. The number of carbonyl (C=O) groups is 1. The molecule has 2 aromatic rings. The van der Waals surface area contributed by atoms with E-state index in [0.717, 1.165) is 42.7 Å². The van der Waals surface area contributed by atoms with Crippen LogP contribution in [0, 0.1) is 5.92 Å². The van der Waals surface area contributed by atoms with E-state index in [4.69, 9.17) is 4.74 Å². The number of nitrogens with zero attached hydrogens (tertiary/aromatic N) is 2. The van der Waals surface area contributed by atoms with Crippen LogP contribution in [0.4, 0.5) is 0 Å². The van der Waals surface area contributed by atoms with Crippen LogP contribution in [0.3, 0.4) is 0 Å². The van der Waals surface area contributed by atoms with E-state index in [-0.39, 0.29) is 5.91 Å². The lowest BCUT2D eigenvalue weighted by Crippen LogP contribution is -2.31. The molecule has 2 heterocycles. The van der Waals surface area contributed by atoms with Gasteiger partial charge in [0.25, 0.3) is 5.91 Å². The number of hydrogen-bond acceptors (Lipinski definition) is 3. The van der Waals surface area contributed by atoms with Crippen LogP contribution >= 0.6 is 0 Å². The Bertz CT molecular complexity index is 693. The van der Waals surface area contributed by atoms with E-state index in [2.05, 4.69) is 17.3 Å². The molecule has 0 aliphatic carbocycles. The first-order chi connectivity index (χ1) is 10.6. The highest BCUT2D eigenvalue weighted by molar-refractivity contribution is 5.99. The minimum atomic E-state index is -0.00720. The molecular weight excluding hydrogens is 278 g/mol. The molecule has 0 radical (unpaired) electrons. The van der Waals surface area contributed by atoms with Crippen molar-refractivity contribution in [2.24, 2.45) is 13.0 Å². The Hall–Kier alpha value is -2.01. The summed E-state index contributed by atoms with van der Waals surface area (Å²) in [5.74, 6) is 1.36. The molecular formula is C17H23N3O2. The van der Waals surface area contributed by atoms with Gasteiger partial charge in [-0.25, -0.2) is 0 Å². The highest BCUT2D eigenvalue weighted by atomic mass is 16.5. The summed E-state index contributed by atoms with van der Waals surface area (Å²) in [7, 11) is 5.70. The number of methoxy groups -OCH3 is 1. The molecule has 1 aliphatic rings. The van der Waals surface area contributed by atoms with Crippen LogP contribution in [0.15, 0.2) is 24.3 Å². The topological polar surface area (TPSA) is 46.5 Å². The highest BCUT2D eigenvalue weighted by Crippen LogP contribution is 2.24. The number of ether oxygens (including phenoxy) is 1. The number of aromatic nitrogens is 1. The van der Waals surface area contributed by atoms with Gasteiger partial charge >= 0.3 is 0 Å². The molecule has 3 rings (SSSR count). The number of nitrogens with one attached hydrogen (secondary N) is 1. The minimum absolute atomic E-state index is 0.00720. The number of hydrogen-bond donors (Lipinski definition) is 1. The molecule has 1 saturated heterocycles. The van der Waals surface area contributed by atoms with Crippen molar-refractivity contribution < 1.29 is 9.53 Å². The van der Waals surface area contributed by atoms with Crippen LogP contribution < -0.4 is 10.1 Å². The van der Waals surface area contributed by atoms with Gasteiger partial charge in [0.2, 0.25) is 0 Å². The summed E-state index contributed by atoms with van der Waals surface area (Å²) >= 11 is 0. The van der Waals surface area contributed by atoms with Crippen molar-refractivity contribution in [3.63, 3.8) is 0 Å². The molecule has 1 aliphatic heterocycles. The Labute approximate surface area is 130 Å². The van der Waals surface area contributed by atoms with E-state index in [1.54, 1.807) is 7.11 Å². The summed E-state index contributed by atoms with van der Waals surface area (Å²) in [5, 5.41) is 4.10. The van der Waals surface area contributed by atoms with Gasteiger partial charge in [0.15, 0.2) is 0 Å². The van der Waals surface area contributed by atoms with E-state index in [9.17, 15) is 4.79 Å². The number of rotatable bonds is 4. The van der Waals surface area contributed by atoms with Gasteiger partial charge in [0, 0.05) is 31.0 Å². The highest BCUT2D eigenvalue weighted by Gasteiger charge is 2.21. The van der Waals surface area contributed by atoms with Crippen LogP contribution in [0.1, 0.15) is 16.9 Å². The largest absolute Gasteiger partial charge is 0.497 e. The summed E-state index contributed by atoms with van der Waals surface area (Å²) in [5.41, 5.74) is 1.72. The summed E-state index contributed by atoms with van der Waals surface area (Å²) in [6.45, 7) is 2.93. The van der Waals surface area contributed by atoms with E-state index in [1.807, 2.05) is 35.9 Å². The second kappa shape index (κ2) is 6.01. The fraction of sp³-hybridized carbons (Fsp3) is 0.471. The molecule has 0 spiro atoms. The van der Waals surface area contributed by atoms with Crippen molar-refractivity contribution in [2.45, 2.75) is 6.42 Å². The van der Waals surface area contributed by atoms with Gasteiger partial charge in [0.05, 0.1) is 7.11 Å². The van der Waals surface area contributed by atoms with Crippen molar-refractivity contribution in [1.82, 2.24) is 14.8 Å². The van der Waals surface area contributed by atoms with Crippen LogP contribution in [-0.4, -0.2) is 49.2 Å². The smallest absolute Gasteiger partial charge is 0.267 e. The number of carbonyl (C=O) groups excluding carboxylic acids is 1. The molecule has 1 atom stereocenters. The maximum atomic E-state index is 12.5. The molecule has 1 aromatic carbocycles. The molecule has 22 heavy (non-hydrogen) atoms. The van der Waals surface area contributed by atoms with E-state index >= 15 is 0 Å². The van der Waals surface area contributed by atoms with Gasteiger partial charge in [-0.3, -0.25) is 4.79 Å². The SMILES string of the molecule is COc1ccc2c(c1)cc(C(=O)NC[C@@H]1CCN(C)C1)n2C. The van der Waals surface area contributed by atoms with Crippen molar-refractivity contribution in [3.8, 4) is 5.75 Å². The Morgan fingerprint density at radius 2 is 2.18 bits per heavy atom. The summed E-state index contributed by atoms with van der Waals surface area (Å²) in [6, 6.07) is 7.78. The number of aryl methyl sites for hydroxylation is 1. The average Bonchev–Trinajstić information content (AvgIpc) is 3.08. The quantitative estimate of drug-likeness (QED) is 0.938. The Morgan fingerprint density at radius 1 is 1.36 bits per heavy atom. The lowest BCUT2D eigenvalue weighted by Gasteiger charge is -2.12. The molecule has 0 unspecified atom stereocenters. The van der Waals surface area contributed by atoms with Gasteiger partial charge in [-0.15, -0.1) is 0 Å². The van der Waals surface area contributed by atoms with Crippen LogP contribution in [0.2, 0.25) is 0 Å². The van der Waals surface area contributed by atoms with Crippen molar-refractivity contribution in [2.75, 3.05) is 33.8 Å². The predicted molar refractivity (Wildman–Crippen MR) is 87.4 cm³/mol. The zero-order valence-electron chi connectivity index (χ0n) is 13.4. The summed E-state index contributed by atoms with van der Waals surface area (Å²) < 4.78 is 7.18. The van der Waals surface area contributed by atoms with Gasteiger partial charge in [0.1, 0.15) is 11.4 Å². The molecule has 0 saturated carbocycles. The minimum Gasteiger partial charge on any atom is -0.497 e. The maximum absolute atomic E-state index is 12.5. The van der Waals surface area contributed by atoms with Crippen molar-refractivity contribution in [3.05, 3.63) is 30.0 Å². The number of fused-ring (bicyclic) bond motifs is 1. The first-order valence-electron chi connectivity index (χ1n) is 7.68. The zero-order valence-corrected chi connectivity index (χ0v) is 13.4. The third kappa shape index (κ3) is 2.81. The Balaban J connectivity index is 1.74. The predicted octanol–water partition coefficient (Wildman–Crippen LogP) is 1.87. The fourth-order valence-electron chi connectivity index (χ4n) is 3.19. The molecule has 5 heteroatoms. The lowest BCUT2D eigenvalue weighted by atomic mass is 10.1. The third-order valence-corrected chi connectivity index (χ3v) is 4.52. The molecule has 1 aromatic heterocycles. The van der Waals surface area contributed by atoms with Gasteiger partial charge < -0.3 is 19.5 Å². The van der Waals surface area contributed by atoms with Gasteiger partial charge in [-0.05, 0) is 50.2 Å². The number of likely N-dealkylation sites (tertiary alicyclic amines) is 1. The average molecular weight is 301 g/mol. The normalized spacial score (nSPS) is 18.8. The Kier molecular flexibility index (Phi) is 4.07. The van der Waals surface area contributed by atoms with Crippen molar-refractivity contribution >= 4 is 16.8 Å². The molecule has 1 amide bonds. The first-order valence-corrected chi connectivity index (χ1v) is 7.68. The van der Waals surface area contributed by atoms with Gasteiger partial charge in [-0.1, -0.05) is 0 Å². The van der Waals surface area contributed by atoms with Crippen LogP contribution in [0.25, 0.3) is 10.9 Å². The Morgan fingerprint density at radius 3 is 2.86 bits per heavy atom. The first kappa shape index (κ1) is 14.9. The summed E-state index contributed by atoms with van der Waals surface area (Å²) in [4.78, 5) is 14.8. The standard InChI is InChI=1S/C17H23N3O2/c1-19-7-6-12(11-19)10-18-17(21)16-9-13-8-14(22-3)4-5-15(13)20(16)2/h4-5,8-9,12H,6-7,10-11H2,1-3H3,(H,18,21)/t12-/m0/s1. The van der Waals surface area contributed by atoms with E-state index in [0.29, 0.717) is 11.6 Å². The van der Waals surface area contributed by atoms with E-state index < -0.39 is 0 Å². The number of benzene rings is 1. The van der Waals surface area contributed by atoms with Crippen LogP contribution in [0.5, 0.6) is 5.75 Å². The van der Waals surface area contributed by atoms with Crippen molar-refractivity contribution in [1.29, 1.82) is 0 Å². The van der Waals surface area contributed by atoms with E-state index in [1.165, 1.54) is 0 Å². The molecule has 1 fully saturated rings. The molecule has 1 N–H and O–H groups in total. The number of amides is 1. The van der Waals surface area contributed by atoms with Crippen LogP contribution in [-0.2, 0) is 7.05 Å². The maximum Gasteiger partial charge on any atom is 0.267 e. The monoisotopic (exact) mass is 301 g/mol. The zero-order chi connectivity index (χ0) is 15.7.